The van der Waals surface area contributed by atoms with Crippen molar-refractivity contribution in [2.45, 2.75) is 43.4 Å². The number of hydrogen-bond acceptors (Lipinski definition) is 6. The molecule has 1 aliphatic heterocycles. The fourth-order valence-electron chi connectivity index (χ4n) is 4.27. The molecule has 0 saturated heterocycles. The van der Waals surface area contributed by atoms with Crippen LogP contribution < -0.4 is 19.7 Å². The van der Waals surface area contributed by atoms with Gasteiger partial charge in [-0.3, -0.25) is 4.31 Å². The van der Waals surface area contributed by atoms with Gasteiger partial charge >= 0.3 is 0 Å². The predicted molar refractivity (Wildman–Crippen MR) is 148 cm³/mol. The average Bonchev–Trinajstić information content (AvgIpc) is 2.88. The summed E-state index contributed by atoms with van der Waals surface area (Å²) in [5, 5.41) is 27.2. The topological polar surface area (TPSA) is 127 Å². The summed E-state index contributed by atoms with van der Waals surface area (Å²) in [4.78, 5) is 3.87. The molecule has 0 saturated carbocycles. The van der Waals surface area contributed by atoms with Gasteiger partial charge < -0.3 is 20.5 Å². The first-order valence-electron chi connectivity index (χ1n) is 11.9. The Morgan fingerprint density at radius 1 is 1.16 bits per heavy atom. The van der Waals surface area contributed by atoms with E-state index in [2.05, 4.69) is 15.6 Å². The van der Waals surface area contributed by atoms with Crippen LogP contribution in [0.15, 0.2) is 82.7 Å². The number of nitriles is 1. The standard InChI is InChI=1S/C27H28ClN5O4S/c1-4-33(20-8-6-5-7-9-20)38(35,36)21-14-15-23-22(16-21)24(25(34)27(2,3)37-23)32-26(30-17-29)31-19-12-10-18(28)11-13-19/h5-16,24-25,34H,4H2,1-3H3,(H2,30,31,32). The van der Waals surface area contributed by atoms with E-state index in [1.54, 1.807) is 81.6 Å². The van der Waals surface area contributed by atoms with Crippen molar-refractivity contribution in [1.29, 1.82) is 5.26 Å². The predicted octanol–water partition coefficient (Wildman–Crippen LogP) is 4.67. The van der Waals surface area contributed by atoms with E-state index in [9.17, 15) is 18.8 Å². The zero-order chi connectivity index (χ0) is 27.5. The Balaban J connectivity index is 1.74. The monoisotopic (exact) mass is 553 g/mol. The molecule has 9 nitrogen and oxygen atoms in total. The van der Waals surface area contributed by atoms with E-state index in [0.717, 1.165) is 0 Å². The van der Waals surface area contributed by atoms with E-state index < -0.39 is 27.8 Å². The van der Waals surface area contributed by atoms with Gasteiger partial charge in [-0.25, -0.2) is 8.42 Å². The number of aliphatic hydroxyl groups excluding tert-OH is 1. The quantitative estimate of drug-likeness (QED) is 0.230. The van der Waals surface area contributed by atoms with Crippen LogP contribution in [0, 0.1) is 11.5 Å². The molecule has 0 radical (unpaired) electrons. The average molecular weight is 554 g/mol. The van der Waals surface area contributed by atoms with Crippen molar-refractivity contribution in [3.05, 3.63) is 83.4 Å². The summed E-state index contributed by atoms with van der Waals surface area (Å²) in [5.41, 5.74) is 0.526. The maximum atomic E-state index is 13.7. The molecule has 3 aromatic carbocycles. The molecular formula is C27H28ClN5O4S. The van der Waals surface area contributed by atoms with Gasteiger partial charge in [-0.15, -0.1) is 4.99 Å². The van der Waals surface area contributed by atoms with Crippen LogP contribution in [0.3, 0.4) is 0 Å². The maximum absolute atomic E-state index is 13.7. The molecule has 2 atom stereocenters. The number of benzene rings is 3. The lowest BCUT2D eigenvalue weighted by Gasteiger charge is -2.42. The van der Waals surface area contributed by atoms with Gasteiger partial charge in [0.2, 0.25) is 12.2 Å². The zero-order valence-electron chi connectivity index (χ0n) is 21.1. The van der Waals surface area contributed by atoms with Crippen molar-refractivity contribution >= 4 is 39.0 Å². The lowest BCUT2D eigenvalue weighted by molar-refractivity contribution is -0.0611. The van der Waals surface area contributed by atoms with Gasteiger partial charge in [0, 0.05) is 22.8 Å². The van der Waals surface area contributed by atoms with E-state index in [4.69, 9.17) is 16.3 Å². The van der Waals surface area contributed by atoms with Crippen LogP contribution >= 0.6 is 11.6 Å². The summed E-state index contributed by atoms with van der Waals surface area (Å²) in [6.07, 6.45) is 0.622. The number of sulfonamides is 1. The van der Waals surface area contributed by atoms with Crippen LogP contribution in [-0.4, -0.2) is 37.7 Å². The Morgan fingerprint density at radius 2 is 1.84 bits per heavy atom. The van der Waals surface area contributed by atoms with E-state index in [1.807, 2.05) is 6.07 Å². The molecule has 0 aromatic heterocycles. The van der Waals surface area contributed by atoms with Gasteiger partial charge in [0.15, 0.2) is 0 Å². The van der Waals surface area contributed by atoms with E-state index in [1.165, 1.54) is 16.4 Å². The molecule has 38 heavy (non-hydrogen) atoms. The zero-order valence-corrected chi connectivity index (χ0v) is 22.7. The summed E-state index contributed by atoms with van der Waals surface area (Å²) in [6, 6.07) is 19.3. The highest BCUT2D eigenvalue weighted by atomic mass is 35.5. The highest BCUT2D eigenvalue weighted by Gasteiger charge is 2.44. The number of nitrogens with zero attached hydrogens (tertiary/aromatic N) is 3. The number of ether oxygens (including phenoxy) is 1. The second-order valence-electron chi connectivity index (χ2n) is 9.17. The van der Waals surface area contributed by atoms with Crippen LogP contribution in [0.5, 0.6) is 5.75 Å². The third kappa shape index (κ3) is 5.55. The molecule has 3 aromatic rings. The summed E-state index contributed by atoms with van der Waals surface area (Å²) >= 11 is 5.97. The number of rotatable bonds is 6. The normalized spacial score (nSPS) is 18.5. The second kappa shape index (κ2) is 10.9. The summed E-state index contributed by atoms with van der Waals surface area (Å²) in [7, 11) is -3.94. The Bertz CT molecular complexity index is 1470. The fraction of sp³-hybridized carbons (Fsp3) is 0.259. The van der Waals surface area contributed by atoms with Gasteiger partial charge in [0.25, 0.3) is 10.0 Å². The Labute approximate surface area is 227 Å². The van der Waals surface area contributed by atoms with Gasteiger partial charge in [-0.2, -0.15) is 5.26 Å². The third-order valence-corrected chi connectivity index (χ3v) is 8.35. The summed E-state index contributed by atoms with van der Waals surface area (Å²) < 4.78 is 34.7. The van der Waals surface area contributed by atoms with Crippen LogP contribution in [0.1, 0.15) is 32.4 Å². The maximum Gasteiger partial charge on any atom is 0.264 e. The molecule has 0 bridgehead atoms. The molecule has 1 heterocycles. The first-order valence-corrected chi connectivity index (χ1v) is 13.7. The molecule has 4 rings (SSSR count). The smallest absolute Gasteiger partial charge is 0.264 e. The minimum atomic E-state index is -3.94. The minimum Gasteiger partial charge on any atom is -0.485 e. The lowest BCUT2D eigenvalue weighted by atomic mass is 9.86. The number of para-hydroxylation sites is 1. The number of fused-ring (bicyclic) bond motifs is 1. The summed E-state index contributed by atoms with van der Waals surface area (Å²) in [5.74, 6) is 0.470. The van der Waals surface area contributed by atoms with E-state index in [-0.39, 0.29) is 17.4 Å². The first-order chi connectivity index (χ1) is 18.1. The number of anilines is 2. The lowest BCUT2D eigenvalue weighted by Crippen LogP contribution is -2.54. The molecule has 0 aliphatic carbocycles. The van der Waals surface area contributed by atoms with Crippen LogP contribution in [-0.2, 0) is 10.0 Å². The molecule has 0 amide bonds. The van der Waals surface area contributed by atoms with E-state index in [0.29, 0.717) is 27.7 Å². The number of nitrogens with one attached hydrogen (secondary N) is 2. The summed E-state index contributed by atoms with van der Waals surface area (Å²) in [6.45, 7) is 5.43. The highest BCUT2D eigenvalue weighted by molar-refractivity contribution is 7.92. The number of aliphatic imine (C=N–C) groups is 1. The molecule has 3 N–H and O–H groups in total. The van der Waals surface area contributed by atoms with Crippen LogP contribution in [0.4, 0.5) is 11.4 Å². The van der Waals surface area contributed by atoms with Crippen molar-refractivity contribution in [2.24, 2.45) is 4.99 Å². The number of aliphatic hydroxyl groups is 1. The molecular weight excluding hydrogens is 526 g/mol. The van der Waals surface area contributed by atoms with Crippen LogP contribution in [0.2, 0.25) is 5.02 Å². The molecule has 198 valence electrons. The highest BCUT2D eigenvalue weighted by Crippen LogP contribution is 2.41. The Hall–Kier alpha value is -3.78. The molecule has 2 unspecified atom stereocenters. The van der Waals surface area contributed by atoms with Crippen molar-refractivity contribution in [1.82, 2.24) is 5.32 Å². The van der Waals surface area contributed by atoms with Gasteiger partial charge in [0.1, 0.15) is 17.5 Å². The van der Waals surface area contributed by atoms with Crippen molar-refractivity contribution < 1.29 is 18.3 Å². The molecule has 0 fully saturated rings. The van der Waals surface area contributed by atoms with Crippen molar-refractivity contribution in [2.75, 3.05) is 16.2 Å². The SMILES string of the molecule is CCN(c1ccccc1)S(=O)(=O)c1ccc2c(c1)C(NC(=NC#N)Nc1ccc(Cl)cc1)C(O)C(C)(C)O2. The van der Waals surface area contributed by atoms with E-state index >= 15 is 0 Å². The van der Waals surface area contributed by atoms with Gasteiger partial charge in [-0.1, -0.05) is 29.8 Å². The molecule has 1 aliphatic rings. The third-order valence-electron chi connectivity index (χ3n) is 6.20. The Kier molecular flexibility index (Phi) is 7.83. The first kappa shape index (κ1) is 27.3. The van der Waals surface area contributed by atoms with Crippen molar-refractivity contribution in [3.63, 3.8) is 0 Å². The largest absolute Gasteiger partial charge is 0.485 e. The minimum absolute atomic E-state index is 0.0358. The van der Waals surface area contributed by atoms with Crippen molar-refractivity contribution in [3.8, 4) is 11.9 Å². The number of hydrogen-bond donors (Lipinski definition) is 3. The van der Waals surface area contributed by atoms with Crippen LogP contribution in [0.25, 0.3) is 0 Å². The van der Waals surface area contributed by atoms with Gasteiger partial charge in [-0.05, 0) is 75.4 Å². The second-order valence-corrected chi connectivity index (χ2v) is 11.5. The molecule has 11 heteroatoms. The number of guanidine groups is 1. The van der Waals surface area contributed by atoms with Gasteiger partial charge in [0.05, 0.1) is 16.6 Å². The fourth-order valence-corrected chi connectivity index (χ4v) is 5.91. The number of halogens is 1. The Morgan fingerprint density at radius 3 is 2.47 bits per heavy atom. The molecule has 0 spiro atoms.